The molecule has 9 nitrogen and oxygen atoms in total. The van der Waals surface area contributed by atoms with Crippen LogP contribution in [0.25, 0.3) is 11.3 Å². The van der Waals surface area contributed by atoms with E-state index in [9.17, 15) is 14.3 Å². The third kappa shape index (κ3) is 5.03. The monoisotopic (exact) mass is 584 g/mol. The number of ketones is 1. The Labute approximate surface area is 248 Å². The summed E-state index contributed by atoms with van der Waals surface area (Å²) in [5.74, 6) is 1.20. The number of fused-ring (bicyclic) bond motifs is 1. The predicted octanol–water partition coefficient (Wildman–Crippen LogP) is 5.45. The molecule has 10 heteroatoms. The number of hydrogen-bond donors (Lipinski definition) is 1. The molecule has 0 amide bonds. The molecule has 0 radical (unpaired) electrons. The van der Waals surface area contributed by atoms with Crippen LogP contribution < -0.4 is 14.2 Å². The van der Waals surface area contributed by atoms with E-state index in [2.05, 4.69) is 10.3 Å². The molecule has 0 saturated heterocycles. The van der Waals surface area contributed by atoms with E-state index in [-0.39, 0.29) is 43.1 Å². The van der Waals surface area contributed by atoms with Crippen LogP contribution in [0.3, 0.4) is 0 Å². The summed E-state index contributed by atoms with van der Waals surface area (Å²) in [5.41, 5.74) is 0.866. The predicted molar refractivity (Wildman–Crippen MR) is 155 cm³/mol. The van der Waals surface area contributed by atoms with Gasteiger partial charge in [-0.3, -0.25) is 4.79 Å². The first-order chi connectivity index (χ1) is 20.8. The maximum absolute atomic E-state index is 13.9. The van der Waals surface area contributed by atoms with Gasteiger partial charge in [-0.15, -0.1) is 5.10 Å². The van der Waals surface area contributed by atoms with E-state index >= 15 is 0 Å². The van der Waals surface area contributed by atoms with Crippen LogP contribution in [0.4, 0.5) is 4.39 Å². The smallest absolute Gasteiger partial charge is 0.163 e. The van der Waals surface area contributed by atoms with Crippen LogP contribution in [-0.2, 0) is 11.1 Å². The number of carbonyl (C=O) groups is 1. The third-order valence-electron chi connectivity index (χ3n) is 8.83. The topological polar surface area (TPSA) is 109 Å². The molecular weight excluding hydrogens is 551 g/mol. The highest BCUT2D eigenvalue weighted by Crippen LogP contribution is 2.52. The number of aliphatic hydroxyl groups is 1. The van der Waals surface area contributed by atoms with Gasteiger partial charge in [0.25, 0.3) is 0 Å². The fraction of sp³-hybridized carbons (Fsp3) is 0.394. The molecule has 2 aromatic heterocycles. The van der Waals surface area contributed by atoms with E-state index < -0.39 is 11.1 Å². The van der Waals surface area contributed by atoms with Crippen LogP contribution in [0.2, 0.25) is 0 Å². The van der Waals surface area contributed by atoms with Crippen molar-refractivity contribution in [3.05, 3.63) is 83.6 Å². The molecule has 2 atom stereocenters. The number of benzene rings is 2. The van der Waals surface area contributed by atoms with Crippen molar-refractivity contribution in [2.24, 2.45) is 5.92 Å². The zero-order valence-corrected chi connectivity index (χ0v) is 24.1. The van der Waals surface area contributed by atoms with Crippen LogP contribution in [0.15, 0.2) is 60.9 Å². The van der Waals surface area contributed by atoms with Crippen molar-refractivity contribution in [1.29, 1.82) is 0 Å². The zero-order valence-electron chi connectivity index (χ0n) is 24.1. The van der Waals surface area contributed by atoms with Crippen LogP contribution in [-0.4, -0.2) is 50.7 Å². The summed E-state index contributed by atoms with van der Waals surface area (Å²) in [6, 6.07) is 13.2. The highest BCUT2D eigenvalue weighted by atomic mass is 19.1. The highest BCUT2D eigenvalue weighted by Gasteiger charge is 2.49. The number of methoxy groups -OCH3 is 1. The molecule has 3 aliphatic rings. The molecule has 0 spiro atoms. The van der Waals surface area contributed by atoms with Gasteiger partial charge in [0, 0.05) is 29.3 Å². The minimum Gasteiger partial charge on any atom is -0.493 e. The summed E-state index contributed by atoms with van der Waals surface area (Å²) >= 11 is 0. The summed E-state index contributed by atoms with van der Waals surface area (Å²) in [5, 5.41) is 20.6. The van der Waals surface area contributed by atoms with Crippen LogP contribution in [0, 0.1) is 11.7 Å². The maximum atomic E-state index is 13.9. The van der Waals surface area contributed by atoms with E-state index in [1.165, 1.54) is 12.1 Å². The van der Waals surface area contributed by atoms with Crippen molar-refractivity contribution in [2.75, 3.05) is 13.7 Å². The van der Waals surface area contributed by atoms with Gasteiger partial charge in [0.1, 0.15) is 29.3 Å². The second-order valence-corrected chi connectivity index (χ2v) is 12.0. The normalized spacial score (nSPS) is 20.7. The Hall–Kier alpha value is -4.31. The number of halogens is 1. The fourth-order valence-corrected chi connectivity index (χ4v) is 5.91. The van der Waals surface area contributed by atoms with Crippen molar-refractivity contribution in [2.45, 2.75) is 62.7 Å². The van der Waals surface area contributed by atoms with E-state index in [0.717, 1.165) is 31.2 Å². The van der Waals surface area contributed by atoms with Crippen molar-refractivity contribution in [3.63, 3.8) is 0 Å². The average Bonchev–Trinajstić information content (AvgIpc) is 3.95. The summed E-state index contributed by atoms with van der Waals surface area (Å²) in [6.07, 6.45) is 7.59. The summed E-state index contributed by atoms with van der Waals surface area (Å²) in [4.78, 5) is 18.4. The first kappa shape index (κ1) is 27.5. The highest BCUT2D eigenvalue weighted by molar-refractivity contribution is 5.96. The van der Waals surface area contributed by atoms with Gasteiger partial charge in [0.2, 0.25) is 0 Å². The molecule has 1 N–H and O–H groups in total. The van der Waals surface area contributed by atoms with E-state index in [1.54, 1.807) is 54.5 Å². The fourth-order valence-electron chi connectivity index (χ4n) is 5.91. The number of Topliss-reactive ketones (excluding diaryl/α,β-unsaturated/α-hetero) is 1. The molecule has 0 unspecified atom stereocenters. The Morgan fingerprint density at radius 2 is 1.93 bits per heavy atom. The molecule has 7 rings (SSSR count). The van der Waals surface area contributed by atoms with Gasteiger partial charge in [-0.1, -0.05) is 5.21 Å². The van der Waals surface area contributed by atoms with E-state index in [0.29, 0.717) is 39.8 Å². The molecule has 2 aliphatic carbocycles. The molecule has 222 valence electrons. The quantitative estimate of drug-likeness (QED) is 0.232. The Morgan fingerprint density at radius 3 is 2.60 bits per heavy atom. The number of ether oxygens (including phenoxy) is 3. The SMILES string of the molecule is COc1cc(C(=O)CC[C@](O)(c2cc3c(c(-c4ccc(F)cc4)n2)OC[C@]3(C)n2ccnn2)C2CC2)ccc1OC1CC1. The first-order valence-corrected chi connectivity index (χ1v) is 14.7. The van der Waals surface area contributed by atoms with Gasteiger partial charge >= 0.3 is 0 Å². The molecule has 1 aliphatic heterocycles. The Kier molecular flexibility index (Phi) is 6.69. The van der Waals surface area contributed by atoms with Crippen molar-refractivity contribution < 1.29 is 28.5 Å². The van der Waals surface area contributed by atoms with Gasteiger partial charge in [-0.25, -0.2) is 14.1 Å². The lowest BCUT2D eigenvalue weighted by molar-refractivity contribution is -0.00118. The molecule has 2 aromatic carbocycles. The standard InChI is InChI=1S/C33H33FN4O5/c1-32(38-16-15-35-37-38)19-42-31-25(32)18-29(36-30(31)20-3-8-23(34)9-4-20)33(40,22-6-7-22)14-13-26(39)21-5-12-27(28(17-21)41-2)43-24-10-11-24/h3-5,8-9,12,15-18,22,24,40H,6-7,10-11,13-14,19H2,1-2H3/t32-,33+/m0/s1. The molecule has 3 heterocycles. The Bertz CT molecular complexity index is 1670. The number of pyridine rings is 1. The van der Waals surface area contributed by atoms with Crippen LogP contribution >= 0.6 is 0 Å². The van der Waals surface area contributed by atoms with Crippen molar-refractivity contribution >= 4 is 5.78 Å². The molecule has 2 fully saturated rings. The second-order valence-electron chi connectivity index (χ2n) is 12.0. The van der Waals surface area contributed by atoms with Gasteiger partial charge in [0.05, 0.1) is 25.1 Å². The average molecular weight is 585 g/mol. The summed E-state index contributed by atoms with van der Waals surface area (Å²) in [6.45, 7) is 2.28. The lowest BCUT2D eigenvalue weighted by Crippen LogP contribution is -2.35. The molecule has 4 aromatic rings. The van der Waals surface area contributed by atoms with Crippen LogP contribution in [0.5, 0.6) is 17.2 Å². The van der Waals surface area contributed by atoms with Crippen LogP contribution in [0.1, 0.15) is 67.1 Å². The minimum absolute atomic E-state index is 0.0456. The second kappa shape index (κ2) is 10.4. The van der Waals surface area contributed by atoms with E-state index in [4.69, 9.17) is 19.2 Å². The Morgan fingerprint density at radius 1 is 1.14 bits per heavy atom. The van der Waals surface area contributed by atoms with Gasteiger partial charge in [-0.2, -0.15) is 0 Å². The van der Waals surface area contributed by atoms with Gasteiger partial charge in [-0.05, 0) is 93.5 Å². The lowest BCUT2D eigenvalue weighted by atomic mass is 9.83. The first-order valence-electron chi connectivity index (χ1n) is 14.7. The maximum Gasteiger partial charge on any atom is 0.163 e. The zero-order chi connectivity index (χ0) is 29.8. The molecular formula is C33H33FN4O5. The Balaban J connectivity index is 1.24. The summed E-state index contributed by atoms with van der Waals surface area (Å²) in [7, 11) is 1.56. The van der Waals surface area contributed by atoms with Crippen molar-refractivity contribution in [3.8, 4) is 28.5 Å². The lowest BCUT2D eigenvalue weighted by Gasteiger charge is -2.30. The number of carbonyl (C=O) groups excluding carboxylic acids is 1. The molecule has 2 saturated carbocycles. The minimum atomic E-state index is -1.36. The largest absolute Gasteiger partial charge is 0.493 e. The van der Waals surface area contributed by atoms with Gasteiger partial charge in [0.15, 0.2) is 23.0 Å². The number of hydrogen-bond acceptors (Lipinski definition) is 8. The summed E-state index contributed by atoms with van der Waals surface area (Å²) < 4.78 is 33.2. The molecule has 0 bridgehead atoms. The molecule has 43 heavy (non-hydrogen) atoms. The van der Waals surface area contributed by atoms with E-state index in [1.807, 2.05) is 13.0 Å². The van der Waals surface area contributed by atoms with Gasteiger partial charge < -0.3 is 19.3 Å². The third-order valence-corrected chi connectivity index (χ3v) is 8.83. The number of nitrogens with zero attached hydrogens (tertiary/aromatic N) is 4. The number of aromatic nitrogens is 4. The number of rotatable bonds is 11. The van der Waals surface area contributed by atoms with Crippen molar-refractivity contribution in [1.82, 2.24) is 20.0 Å².